The molecule has 0 fully saturated rings. The van der Waals surface area contributed by atoms with Gasteiger partial charge in [0.25, 0.3) is 5.91 Å². The predicted molar refractivity (Wildman–Crippen MR) is 105 cm³/mol. The average Bonchev–Trinajstić information content (AvgIpc) is 2.63. The number of rotatable bonds is 4. The number of aromatic nitrogens is 2. The number of carbonyl (C=O) groups excluding carboxylic acids is 1. The number of anilines is 3. The van der Waals surface area contributed by atoms with Crippen molar-refractivity contribution in [3.8, 4) is 0 Å². The number of benzene rings is 2. The summed E-state index contributed by atoms with van der Waals surface area (Å²) in [6.07, 6.45) is 3.06. The minimum Gasteiger partial charge on any atom is -0.324 e. The summed E-state index contributed by atoms with van der Waals surface area (Å²) < 4.78 is 0. The molecule has 2 N–H and O–H groups in total. The van der Waals surface area contributed by atoms with E-state index in [4.69, 9.17) is 0 Å². The van der Waals surface area contributed by atoms with Crippen molar-refractivity contribution < 1.29 is 4.79 Å². The lowest BCUT2D eigenvalue weighted by Crippen LogP contribution is -2.14. The number of hydrogen-bond acceptors (Lipinski definition) is 4. The van der Waals surface area contributed by atoms with Gasteiger partial charge in [-0.2, -0.15) is 0 Å². The lowest BCUT2D eigenvalue weighted by Gasteiger charge is -2.12. The molecule has 0 atom stereocenters. The number of amides is 1. The van der Waals surface area contributed by atoms with Gasteiger partial charge < -0.3 is 10.6 Å². The van der Waals surface area contributed by atoms with E-state index in [1.807, 2.05) is 51.1 Å². The van der Waals surface area contributed by atoms with Crippen LogP contribution in [0.15, 0.2) is 48.8 Å². The van der Waals surface area contributed by atoms with Gasteiger partial charge in [-0.25, -0.2) is 9.97 Å². The second-order valence-corrected chi connectivity index (χ2v) is 6.39. The number of nitrogens with one attached hydrogen (secondary N) is 2. The zero-order chi connectivity index (χ0) is 18.7. The smallest absolute Gasteiger partial charge is 0.258 e. The third-order valence-electron chi connectivity index (χ3n) is 4.48. The highest BCUT2D eigenvalue weighted by atomic mass is 16.1. The molecule has 0 aliphatic rings. The lowest BCUT2D eigenvalue weighted by molar-refractivity contribution is 0.102. The molecule has 5 nitrogen and oxygen atoms in total. The van der Waals surface area contributed by atoms with Crippen molar-refractivity contribution in [3.63, 3.8) is 0 Å². The van der Waals surface area contributed by atoms with E-state index in [-0.39, 0.29) is 5.91 Å². The van der Waals surface area contributed by atoms with Crippen molar-refractivity contribution in [1.82, 2.24) is 9.97 Å². The summed E-state index contributed by atoms with van der Waals surface area (Å²) in [5, 5.41) is 6.13. The number of para-hydroxylation sites is 1. The van der Waals surface area contributed by atoms with Gasteiger partial charge in [-0.05, 0) is 56.0 Å². The first-order valence-electron chi connectivity index (χ1n) is 8.48. The van der Waals surface area contributed by atoms with Gasteiger partial charge in [0.1, 0.15) is 0 Å². The van der Waals surface area contributed by atoms with Crippen LogP contribution in [0.25, 0.3) is 0 Å². The molecule has 0 aliphatic carbocycles. The first-order chi connectivity index (χ1) is 12.5. The molecule has 1 aromatic heterocycles. The van der Waals surface area contributed by atoms with Gasteiger partial charge in [0.05, 0.1) is 5.56 Å². The zero-order valence-corrected chi connectivity index (χ0v) is 15.4. The van der Waals surface area contributed by atoms with Crippen LogP contribution < -0.4 is 10.6 Å². The molecule has 1 amide bonds. The first kappa shape index (κ1) is 17.6. The van der Waals surface area contributed by atoms with Crippen LogP contribution in [0.5, 0.6) is 0 Å². The summed E-state index contributed by atoms with van der Waals surface area (Å²) in [5.41, 5.74) is 6.58. The highest BCUT2D eigenvalue weighted by molar-refractivity contribution is 6.04. The monoisotopic (exact) mass is 346 g/mol. The number of carbonyl (C=O) groups is 1. The average molecular weight is 346 g/mol. The predicted octanol–water partition coefficient (Wildman–Crippen LogP) is 4.71. The lowest BCUT2D eigenvalue weighted by atomic mass is 10.1. The highest BCUT2D eigenvalue weighted by Crippen LogP contribution is 2.22. The Hall–Kier alpha value is -3.21. The zero-order valence-electron chi connectivity index (χ0n) is 15.4. The maximum Gasteiger partial charge on any atom is 0.258 e. The van der Waals surface area contributed by atoms with Gasteiger partial charge in [0.2, 0.25) is 5.95 Å². The molecule has 0 bridgehead atoms. The topological polar surface area (TPSA) is 66.9 Å². The Bertz CT molecular complexity index is 928. The second-order valence-electron chi connectivity index (χ2n) is 6.39. The van der Waals surface area contributed by atoms with Crippen LogP contribution in [0.2, 0.25) is 0 Å². The highest BCUT2D eigenvalue weighted by Gasteiger charge is 2.11. The van der Waals surface area contributed by atoms with E-state index in [0.717, 1.165) is 28.1 Å². The summed E-state index contributed by atoms with van der Waals surface area (Å²) in [6, 6.07) is 11.9. The third-order valence-corrected chi connectivity index (χ3v) is 4.48. The van der Waals surface area contributed by atoms with E-state index in [9.17, 15) is 4.79 Å². The quantitative estimate of drug-likeness (QED) is 0.718. The molecule has 3 rings (SSSR count). The van der Waals surface area contributed by atoms with E-state index in [1.165, 1.54) is 18.0 Å². The molecule has 0 saturated carbocycles. The van der Waals surface area contributed by atoms with Crippen LogP contribution >= 0.6 is 0 Å². The molecule has 132 valence electrons. The molecular formula is C21H22N4O. The summed E-state index contributed by atoms with van der Waals surface area (Å²) in [7, 11) is 0. The minimum atomic E-state index is -0.222. The van der Waals surface area contributed by atoms with Crippen molar-refractivity contribution in [3.05, 3.63) is 76.6 Å². The van der Waals surface area contributed by atoms with E-state index >= 15 is 0 Å². The number of aryl methyl sites for hydroxylation is 3. The third kappa shape index (κ3) is 3.72. The van der Waals surface area contributed by atoms with Crippen molar-refractivity contribution in [2.24, 2.45) is 0 Å². The van der Waals surface area contributed by atoms with E-state index in [0.29, 0.717) is 11.5 Å². The molecule has 5 heteroatoms. The molecule has 0 aliphatic heterocycles. The second kappa shape index (κ2) is 7.35. The minimum absolute atomic E-state index is 0.222. The van der Waals surface area contributed by atoms with Crippen LogP contribution in [-0.4, -0.2) is 15.9 Å². The maximum absolute atomic E-state index is 12.5. The summed E-state index contributed by atoms with van der Waals surface area (Å²) in [5.74, 6) is 0.239. The molecule has 26 heavy (non-hydrogen) atoms. The fraction of sp³-hybridized carbons (Fsp3) is 0.190. The molecule has 0 unspecified atom stereocenters. The molecule has 2 aromatic carbocycles. The molecule has 0 radical (unpaired) electrons. The Balaban J connectivity index is 1.75. The number of nitrogens with zero attached hydrogens (tertiary/aromatic N) is 2. The molecule has 3 aromatic rings. The Morgan fingerprint density at radius 3 is 2.08 bits per heavy atom. The summed E-state index contributed by atoms with van der Waals surface area (Å²) in [4.78, 5) is 21.0. The Labute approximate surface area is 153 Å². The Kier molecular flexibility index (Phi) is 4.98. The van der Waals surface area contributed by atoms with Crippen molar-refractivity contribution >= 4 is 23.2 Å². The SMILES string of the molecule is Cc1cccc(Nc2ncc(C(=O)Nc3c(C)cccc3C)cn2)c1C. The molecule has 1 heterocycles. The Morgan fingerprint density at radius 2 is 1.42 bits per heavy atom. The fourth-order valence-electron chi connectivity index (χ4n) is 2.71. The van der Waals surface area contributed by atoms with E-state index in [1.54, 1.807) is 0 Å². The van der Waals surface area contributed by atoms with Crippen molar-refractivity contribution in [1.29, 1.82) is 0 Å². The maximum atomic E-state index is 12.5. The molecule has 0 saturated heterocycles. The summed E-state index contributed by atoms with van der Waals surface area (Å²) in [6.45, 7) is 8.04. The molecule has 0 spiro atoms. The largest absolute Gasteiger partial charge is 0.324 e. The van der Waals surface area contributed by atoms with Crippen LogP contribution in [-0.2, 0) is 0 Å². The van der Waals surface area contributed by atoms with Gasteiger partial charge in [-0.1, -0.05) is 30.3 Å². The van der Waals surface area contributed by atoms with Crippen LogP contribution in [0, 0.1) is 27.7 Å². The van der Waals surface area contributed by atoms with Crippen molar-refractivity contribution in [2.45, 2.75) is 27.7 Å². The van der Waals surface area contributed by atoms with Gasteiger partial charge in [0, 0.05) is 23.8 Å². The van der Waals surface area contributed by atoms with E-state index in [2.05, 4.69) is 33.6 Å². The van der Waals surface area contributed by atoms with Crippen LogP contribution in [0.1, 0.15) is 32.6 Å². The van der Waals surface area contributed by atoms with Gasteiger partial charge in [-0.15, -0.1) is 0 Å². The normalized spacial score (nSPS) is 10.5. The standard InChI is InChI=1S/C21H22N4O/c1-13-7-6-10-18(16(13)4)24-21-22-11-17(12-23-21)20(26)25-19-14(2)8-5-9-15(19)3/h5-12H,1-4H3,(H,25,26)(H,22,23,24). The van der Waals surface area contributed by atoms with Gasteiger partial charge in [0.15, 0.2) is 0 Å². The number of hydrogen-bond donors (Lipinski definition) is 2. The first-order valence-corrected chi connectivity index (χ1v) is 8.48. The van der Waals surface area contributed by atoms with Gasteiger partial charge >= 0.3 is 0 Å². The van der Waals surface area contributed by atoms with Crippen LogP contribution in [0.3, 0.4) is 0 Å². The fourth-order valence-corrected chi connectivity index (χ4v) is 2.71. The molecular weight excluding hydrogens is 324 g/mol. The van der Waals surface area contributed by atoms with Crippen molar-refractivity contribution in [2.75, 3.05) is 10.6 Å². The van der Waals surface area contributed by atoms with Gasteiger partial charge in [-0.3, -0.25) is 4.79 Å². The Morgan fingerprint density at radius 1 is 0.846 bits per heavy atom. The van der Waals surface area contributed by atoms with Crippen LogP contribution in [0.4, 0.5) is 17.3 Å². The summed E-state index contributed by atoms with van der Waals surface area (Å²) >= 11 is 0. The van der Waals surface area contributed by atoms with E-state index < -0.39 is 0 Å².